The fourth-order valence-electron chi connectivity index (χ4n) is 1.71. The molecule has 0 fully saturated rings. The minimum absolute atomic E-state index is 0.110. The number of carbonyl (C=O) groups is 2. The number of carbonyl (C=O) groups excluding carboxylic acids is 1. The van der Waals surface area contributed by atoms with E-state index in [1.54, 1.807) is 50.4 Å². The van der Waals surface area contributed by atoms with E-state index in [1.807, 2.05) is 0 Å². The molecule has 2 rings (SSSR count). The average Bonchev–Trinajstić information content (AvgIpc) is 2.95. The second-order valence-corrected chi connectivity index (χ2v) is 5.43. The first-order valence-corrected chi connectivity index (χ1v) is 6.86. The van der Waals surface area contributed by atoms with Gasteiger partial charge in [-0.2, -0.15) is 0 Å². The number of aliphatic carboxylic acids is 1. The minimum atomic E-state index is -0.893. The van der Waals surface area contributed by atoms with Gasteiger partial charge in [0.1, 0.15) is 5.75 Å². The molecule has 2 aromatic rings. The molecule has 0 spiro atoms. The predicted molar refractivity (Wildman–Crippen MR) is 76.8 cm³/mol. The molecule has 4 nitrogen and oxygen atoms in total. The molecule has 1 unspecified atom stereocenters. The van der Waals surface area contributed by atoms with Crippen LogP contribution in [0.2, 0.25) is 0 Å². The van der Waals surface area contributed by atoms with Crippen LogP contribution >= 0.6 is 11.3 Å². The van der Waals surface area contributed by atoms with Gasteiger partial charge in [-0.3, -0.25) is 9.59 Å². The summed E-state index contributed by atoms with van der Waals surface area (Å²) in [5, 5.41) is 8.97. The van der Waals surface area contributed by atoms with Gasteiger partial charge in [0.2, 0.25) is 5.78 Å². The lowest BCUT2D eigenvalue weighted by atomic mass is 10.1. The molecule has 0 aliphatic heterocycles. The summed E-state index contributed by atoms with van der Waals surface area (Å²) in [5.74, 6) is -0.915. The lowest BCUT2D eigenvalue weighted by molar-refractivity contribution is -0.138. The first-order valence-electron chi connectivity index (χ1n) is 6.04. The highest BCUT2D eigenvalue weighted by Gasteiger charge is 2.18. The van der Waals surface area contributed by atoms with Gasteiger partial charge >= 0.3 is 5.97 Å². The normalized spacial score (nSPS) is 11.9. The Morgan fingerprint density at radius 1 is 1.15 bits per heavy atom. The third kappa shape index (κ3) is 2.88. The van der Waals surface area contributed by atoms with Crippen LogP contribution in [0.15, 0.2) is 36.4 Å². The van der Waals surface area contributed by atoms with Crippen LogP contribution in [0.5, 0.6) is 5.75 Å². The van der Waals surface area contributed by atoms with Crippen molar-refractivity contribution in [2.45, 2.75) is 12.8 Å². The maximum Gasteiger partial charge on any atom is 0.311 e. The molecule has 0 saturated heterocycles. The van der Waals surface area contributed by atoms with Crippen molar-refractivity contribution in [3.05, 3.63) is 51.7 Å². The van der Waals surface area contributed by atoms with Crippen molar-refractivity contribution in [3.63, 3.8) is 0 Å². The molecule has 0 bridgehead atoms. The van der Waals surface area contributed by atoms with E-state index in [0.717, 1.165) is 0 Å². The van der Waals surface area contributed by atoms with Crippen LogP contribution in [0.25, 0.3) is 0 Å². The van der Waals surface area contributed by atoms with Gasteiger partial charge in [-0.15, -0.1) is 11.3 Å². The van der Waals surface area contributed by atoms with E-state index < -0.39 is 11.9 Å². The molecule has 5 heteroatoms. The molecule has 1 atom stereocenters. The summed E-state index contributed by atoms with van der Waals surface area (Å²) in [4.78, 5) is 24.4. The van der Waals surface area contributed by atoms with E-state index in [0.29, 0.717) is 21.1 Å². The highest BCUT2D eigenvalue weighted by molar-refractivity contribution is 7.14. The molecule has 1 aromatic heterocycles. The maximum atomic E-state index is 12.3. The van der Waals surface area contributed by atoms with Gasteiger partial charge in [-0.05, 0) is 43.3 Å². The highest BCUT2D eigenvalue weighted by Crippen LogP contribution is 2.27. The van der Waals surface area contributed by atoms with Gasteiger partial charge in [0.15, 0.2) is 0 Å². The van der Waals surface area contributed by atoms with Gasteiger partial charge in [-0.1, -0.05) is 0 Å². The van der Waals surface area contributed by atoms with Crippen LogP contribution in [-0.4, -0.2) is 24.0 Å². The number of benzene rings is 1. The van der Waals surface area contributed by atoms with Crippen LogP contribution in [0.1, 0.15) is 33.0 Å². The summed E-state index contributed by atoms with van der Waals surface area (Å²) in [6.07, 6.45) is 0. The number of thiophene rings is 1. The number of rotatable bonds is 5. The van der Waals surface area contributed by atoms with E-state index in [1.165, 1.54) is 11.3 Å². The van der Waals surface area contributed by atoms with Crippen LogP contribution in [0.3, 0.4) is 0 Å². The summed E-state index contributed by atoms with van der Waals surface area (Å²) in [6.45, 7) is 1.61. The molecule has 104 valence electrons. The van der Waals surface area contributed by atoms with E-state index in [2.05, 4.69) is 0 Å². The summed E-state index contributed by atoms with van der Waals surface area (Å²) in [7, 11) is 1.57. The Labute approximate surface area is 120 Å². The van der Waals surface area contributed by atoms with Crippen molar-refractivity contribution < 1.29 is 19.4 Å². The molecule has 0 radical (unpaired) electrons. The summed E-state index contributed by atoms with van der Waals surface area (Å²) in [6, 6.07) is 10.2. The largest absolute Gasteiger partial charge is 0.497 e. The third-order valence-electron chi connectivity index (χ3n) is 3.00. The lowest BCUT2D eigenvalue weighted by Gasteiger charge is -2.02. The SMILES string of the molecule is COc1ccc(C(=O)c2ccc(C(C)C(=O)O)s2)cc1. The van der Waals surface area contributed by atoms with E-state index in [-0.39, 0.29) is 5.78 Å². The van der Waals surface area contributed by atoms with Gasteiger partial charge in [0, 0.05) is 10.4 Å². The summed E-state index contributed by atoms with van der Waals surface area (Å²) in [5.41, 5.74) is 0.558. The Hall–Kier alpha value is -2.14. The van der Waals surface area contributed by atoms with Crippen molar-refractivity contribution in [1.82, 2.24) is 0 Å². The lowest BCUT2D eigenvalue weighted by Crippen LogP contribution is -2.05. The molecular weight excluding hydrogens is 276 g/mol. The Morgan fingerprint density at radius 3 is 2.35 bits per heavy atom. The summed E-state index contributed by atoms with van der Waals surface area (Å²) >= 11 is 1.22. The Bertz CT molecular complexity index is 628. The van der Waals surface area contributed by atoms with Crippen molar-refractivity contribution in [2.75, 3.05) is 7.11 Å². The first kappa shape index (κ1) is 14.3. The topological polar surface area (TPSA) is 63.6 Å². The van der Waals surface area contributed by atoms with E-state index in [4.69, 9.17) is 9.84 Å². The number of ketones is 1. The zero-order valence-corrected chi connectivity index (χ0v) is 11.9. The molecule has 1 N–H and O–H groups in total. The molecule has 0 aliphatic rings. The second-order valence-electron chi connectivity index (χ2n) is 4.32. The summed E-state index contributed by atoms with van der Waals surface area (Å²) < 4.78 is 5.04. The number of hydrogen-bond acceptors (Lipinski definition) is 4. The molecule has 1 aromatic carbocycles. The fourth-order valence-corrected chi connectivity index (χ4v) is 2.73. The first-order chi connectivity index (χ1) is 9.52. The standard InChI is InChI=1S/C15H14O4S/c1-9(15(17)18)12-7-8-13(20-12)14(16)10-3-5-11(19-2)6-4-10/h3-9H,1-2H3,(H,17,18). The number of carboxylic acid groups (broad SMARTS) is 1. The second kappa shape index (κ2) is 5.88. The number of carboxylic acids is 1. The van der Waals surface area contributed by atoms with Crippen LogP contribution in [-0.2, 0) is 4.79 Å². The molecule has 0 amide bonds. The van der Waals surface area contributed by atoms with Crippen LogP contribution < -0.4 is 4.74 Å². The van der Waals surface area contributed by atoms with Gasteiger partial charge in [-0.25, -0.2) is 0 Å². The molecule has 0 aliphatic carbocycles. The Kier molecular flexibility index (Phi) is 4.20. The van der Waals surface area contributed by atoms with Crippen molar-refractivity contribution in [1.29, 1.82) is 0 Å². The Balaban J connectivity index is 2.22. The highest BCUT2D eigenvalue weighted by atomic mass is 32.1. The maximum absolute atomic E-state index is 12.3. The van der Waals surface area contributed by atoms with Crippen LogP contribution in [0, 0.1) is 0 Å². The van der Waals surface area contributed by atoms with Crippen molar-refractivity contribution >= 4 is 23.1 Å². The van der Waals surface area contributed by atoms with Gasteiger partial charge in [0.25, 0.3) is 0 Å². The van der Waals surface area contributed by atoms with E-state index in [9.17, 15) is 9.59 Å². The smallest absolute Gasteiger partial charge is 0.311 e. The van der Waals surface area contributed by atoms with Crippen molar-refractivity contribution in [3.8, 4) is 5.75 Å². The minimum Gasteiger partial charge on any atom is -0.497 e. The third-order valence-corrected chi connectivity index (χ3v) is 4.27. The number of hydrogen-bond donors (Lipinski definition) is 1. The fraction of sp³-hybridized carbons (Fsp3) is 0.200. The quantitative estimate of drug-likeness (QED) is 0.859. The van der Waals surface area contributed by atoms with Crippen molar-refractivity contribution in [2.24, 2.45) is 0 Å². The zero-order valence-electron chi connectivity index (χ0n) is 11.1. The number of methoxy groups -OCH3 is 1. The monoisotopic (exact) mass is 290 g/mol. The average molecular weight is 290 g/mol. The number of ether oxygens (including phenoxy) is 1. The Morgan fingerprint density at radius 2 is 1.80 bits per heavy atom. The van der Waals surface area contributed by atoms with Crippen LogP contribution in [0.4, 0.5) is 0 Å². The molecular formula is C15H14O4S. The zero-order chi connectivity index (χ0) is 14.7. The van der Waals surface area contributed by atoms with Gasteiger partial charge < -0.3 is 9.84 Å². The predicted octanol–water partition coefficient (Wildman–Crippen LogP) is 3.18. The molecule has 1 heterocycles. The van der Waals surface area contributed by atoms with Gasteiger partial charge in [0.05, 0.1) is 17.9 Å². The molecule has 0 saturated carbocycles. The van der Waals surface area contributed by atoms with E-state index >= 15 is 0 Å². The molecule has 20 heavy (non-hydrogen) atoms.